The van der Waals surface area contributed by atoms with Crippen LogP contribution in [0.2, 0.25) is 5.02 Å². The van der Waals surface area contributed by atoms with E-state index in [9.17, 15) is 0 Å². The fraction of sp³-hybridized carbons (Fsp3) is 0.0769. The molecule has 0 aliphatic heterocycles. The minimum atomic E-state index is 0.706. The summed E-state index contributed by atoms with van der Waals surface area (Å²) in [5.41, 5.74) is 9.72. The van der Waals surface area contributed by atoms with Crippen LogP contribution in [0, 0.1) is 6.92 Å². The van der Waals surface area contributed by atoms with Gasteiger partial charge in [-0.25, -0.2) is 0 Å². The van der Waals surface area contributed by atoms with E-state index in [2.05, 4.69) is 0 Å². The summed E-state index contributed by atoms with van der Waals surface area (Å²) in [7, 11) is 0. The van der Waals surface area contributed by atoms with Gasteiger partial charge in [-0.05, 0) is 30.2 Å². The lowest BCUT2D eigenvalue weighted by atomic mass is 10.00. The summed E-state index contributed by atoms with van der Waals surface area (Å²) in [5, 5.41) is 0.707. The van der Waals surface area contributed by atoms with E-state index in [0.29, 0.717) is 10.7 Å². The summed E-state index contributed by atoms with van der Waals surface area (Å²) in [4.78, 5) is 0. The zero-order valence-corrected chi connectivity index (χ0v) is 9.25. The molecule has 0 aromatic heterocycles. The van der Waals surface area contributed by atoms with Crippen LogP contribution < -0.4 is 5.73 Å². The molecule has 0 radical (unpaired) electrons. The highest BCUT2D eigenvalue weighted by Crippen LogP contribution is 2.32. The number of anilines is 1. The molecule has 0 bridgehead atoms. The third-order valence-electron chi connectivity index (χ3n) is 2.37. The molecule has 0 spiro atoms. The van der Waals surface area contributed by atoms with Gasteiger partial charge >= 0.3 is 0 Å². The van der Waals surface area contributed by atoms with Gasteiger partial charge in [-0.2, -0.15) is 0 Å². The number of nitrogen functional groups attached to an aromatic ring is 1. The highest BCUT2D eigenvalue weighted by molar-refractivity contribution is 6.33. The Kier molecular flexibility index (Phi) is 2.65. The van der Waals surface area contributed by atoms with Crippen LogP contribution >= 0.6 is 11.6 Å². The van der Waals surface area contributed by atoms with Crippen LogP contribution in [0.25, 0.3) is 11.1 Å². The maximum Gasteiger partial charge on any atom is 0.0507 e. The van der Waals surface area contributed by atoms with Crippen LogP contribution in [0.3, 0.4) is 0 Å². The van der Waals surface area contributed by atoms with Crippen molar-refractivity contribution in [2.75, 3.05) is 5.73 Å². The number of benzene rings is 2. The Bertz CT molecular complexity index is 454. The molecule has 0 aliphatic carbocycles. The minimum Gasteiger partial charge on any atom is -0.399 e. The van der Waals surface area contributed by atoms with Crippen LogP contribution in [-0.2, 0) is 0 Å². The van der Waals surface area contributed by atoms with E-state index in [1.165, 1.54) is 0 Å². The monoisotopic (exact) mass is 217 g/mol. The first kappa shape index (κ1) is 10.1. The summed E-state index contributed by atoms with van der Waals surface area (Å²) >= 11 is 6.19. The van der Waals surface area contributed by atoms with Crippen molar-refractivity contribution in [1.82, 2.24) is 0 Å². The van der Waals surface area contributed by atoms with E-state index in [1.807, 2.05) is 43.3 Å². The molecule has 0 fully saturated rings. The molecule has 2 rings (SSSR count). The SMILES string of the molecule is Cc1cc(N)cc(Cl)c1-c1ccccc1. The van der Waals surface area contributed by atoms with Gasteiger partial charge < -0.3 is 5.73 Å². The summed E-state index contributed by atoms with van der Waals surface area (Å²) in [6.07, 6.45) is 0. The summed E-state index contributed by atoms with van der Waals surface area (Å²) < 4.78 is 0. The van der Waals surface area contributed by atoms with Crippen LogP contribution in [-0.4, -0.2) is 0 Å². The van der Waals surface area contributed by atoms with Crippen molar-refractivity contribution in [3.8, 4) is 11.1 Å². The average molecular weight is 218 g/mol. The van der Waals surface area contributed by atoms with E-state index in [0.717, 1.165) is 16.7 Å². The van der Waals surface area contributed by atoms with E-state index in [4.69, 9.17) is 17.3 Å². The highest BCUT2D eigenvalue weighted by Gasteiger charge is 2.07. The van der Waals surface area contributed by atoms with Crippen LogP contribution in [0.1, 0.15) is 5.56 Å². The average Bonchev–Trinajstić information content (AvgIpc) is 2.17. The van der Waals surface area contributed by atoms with Gasteiger partial charge in [0, 0.05) is 11.3 Å². The molecule has 2 aromatic carbocycles. The zero-order chi connectivity index (χ0) is 10.8. The molecule has 2 N–H and O–H groups in total. The van der Waals surface area contributed by atoms with E-state index in [-0.39, 0.29) is 0 Å². The van der Waals surface area contributed by atoms with Crippen molar-refractivity contribution in [3.63, 3.8) is 0 Å². The lowest BCUT2D eigenvalue weighted by Gasteiger charge is -2.09. The molecular formula is C13H12ClN. The molecule has 2 heteroatoms. The minimum absolute atomic E-state index is 0.706. The molecule has 76 valence electrons. The molecule has 15 heavy (non-hydrogen) atoms. The molecule has 0 unspecified atom stereocenters. The maximum absolute atomic E-state index is 6.19. The number of rotatable bonds is 1. The number of halogens is 1. The zero-order valence-electron chi connectivity index (χ0n) is 8.50. The van der Waals surface area contributed by atoms with Gasteiger partial charge in [0.1, 0.15) is 0 Å². The second kappa shape index (κ2) is 3.95. The largest absolute Gasteiger partial charge is 0.399 e. The first-order valence-electron chi connectivity index (χ1n) is 4.79. The molecule has 0 amide bonds. The Morgan fingerprint density at radius 3 is 2.33 bits per heavy atom. The Morgan fingerprint density at radius 1 is 1.07 bits per heavy atom. The quantitative estimate of drug-likeness (QED) is 0.721. The normalized spacial score (nSPS) is 10.3. The topological polar surface area (TPSA) is 26.0 Å². The summed E-state index contributed by atoms with van der Waals surface area (Å²) in [6.45, 7) is 2.02. The van der Waals surface area contributed by atoms with Crippen molar-refractivity contribution in [2.45, 2.75) is 6.92 Å². The van der Waals surface area contributed by atoms with Crippen LogP contribution in [0.15, 0.2) is 42.5 Å². The van der Waals surface area contributed by atoms with E-state index in [1.54, 1.807) is 6.07 Å². The van der Waals surface area contributed by atoms with Crippen LogP contribution in [0.5, 0.6) is 0 Å². The third kappa shape index (κ3) is 1.97. The van der Waals surface area contributed by atoms with Gasteiger partial charge in [-0.1, -0.05) is 41.9 Å². The first-order valence-corrected chi connectivity index (χ1v) is 5.17. The molecule has 0 heterocycles. The molecule has 0 saturated carbocycles. The predicted octanol–water partition coefficient (Wildman–Crippen LogP) is 3.90. The number of hydrogen-bond donors (Lipinski definition) is 1. The summed E-state index contributed by atoms with van der Waals surface area (Å²) in [5.74, 6) is 0. The Morgan fingerprint density at radius 2 is 1.73 bits per heavy atom. The number of nitrogens with two attached hydrogens (primary N) is 1. The first-order chi connectivity index (χ1) is 7.18. The van der Waals surface area contributed by atoms with Gasteiger partial charge in [0.25, 0.3) is 0 Å². The van der Waals surface area contributed by atoms with Crippen molar-refractivity contribution >= 4 is 17.3 Å². The Hall–Kier alpha value is -1.47. The van der Waals surface area contributed by atoms with Gasteiger partial charge in [0.05, 0.1) is 5.02 Å². The lowest BCUT2D eigenvalue weighted by molar-refractivity contribution is 1.46. The third-order valence-corrected chi connectivity index (χ3v) is 2.67. The molecule has 1 nitrogen and oxygen atoms in total. The fourth-order valence-electron chi connectivity index (χ4n) is 1.74. The summed E-state index contributed by atoms with van der Waals surface area (Å²) in [6, 6.07) is 13.8. The fourth-order valence-corrected chi connectivity index (χ4v) is 2.13. The smallest absolute Gasteiger partial charge is 0.0507 e. The molecule has 0 aliphatic rings. The van der Waals surface area contributed by atoms with Gasteiger partial charge in [0.15, 0.2) is 0 Å². The Balaban J connectivity index is 2.64. The molecular weight excluding hydrogens is 206 g/mol. The standard InChI is InChI=1S/C13H12ClN/c1-9-7-11(15)8-12(14)13(9)10-5-3-2-4-6-10/h2-8H,15H2,1H3. The van der Waals surface area contributed by atoms with Gasteiger partial charge in [0.2, 0.25) is 0 Å². The molecule has 0 atom stereocenters. The van der Waals surface area contributed by atoms with Crippen LogP contribution in [0.4, 0.5) is 5.69 Å². The highest BCUT2D eigenvalue weighted by atomic mass is 35.5. The van der Waals surface area contributed by atoms with E-state index >= 15 is 0 Å². The van der Waals surface area contributed by atoms with Crippen molar-refractivity contribution < 1.29 is 0 Å². The van der Waals surface area contributed by atoms with Crippen molar-refractivity contribution in [1.29, 1.82) is 0 Å². The predicted molar refractivity (Wildman–Crippen MR) is 66.0 cm³/mol. The van der Waals surface area contributed by atoms with Gasteiger partial charge in [-0.15, -0.1) is 0 Å². The second-order valence-corrected chi connectivity index (χ2v) is 3.97. The second-order valence-electron chi connectivity index (χ2n) is 3.56. The molecule has 2 aromatic rings. The van der Waals surface area contributed by atoms with Crippen molar-refractivity contribution in [2.24, 2.45) is 0 Å². The Labute approximate surface area is 94.5 Å². The number of hydrogen-bond acceptors (Lipinski definition) is 1. The number of aryl methyl sites for hydroxylation is 1. The maximum atomic E-state index is 6.19. The van der Waals surface area contributed by atoms with Crippen molar-refractivity contribution in [3.05, 3.63) is 53.1 Å². The molecule has 0 saturated heterocycles. The lowest BCUT2D eigenvalue weighted by Crippen LogP contribution is -1.90. The van der Waals surface area contributed by atoms with E-state index < -0.39 is 0 Å². The van der Waals surface area contributed by atoms with Gasteiger partial charge in [-0.3, -0.25) is 0 Å².